The van der Waals surface area contributed by atoms with Crippen LogP contribution in [0.2, 0.25) is 0 Å². The van der Waals surface area contributed by atoms with E-state index in [4.69, 9.17) is 0 Å². The fourth-order valence-corrected chi connectivity index (χ4v) is 2.12. The molecule has 0 unspecified atom stereocenters. The van der Waals surface area contributed by atoms with Gasteiger partial charge in [-0.3, -0.25) is 9.59 Å². The maximum Gasteiger partial charge on any atom is 0.254 e. The second kappa shape index (κ2) is 7.68. The molecule has 4 nitrogen and oxygen atoms in total. The highest BCUT2D eigenvalue weighted by molar-refractivity contribution is 5.96. The van der Waals surface area contributed by atoms with Crippen LogP contribution >= 0.6 is 0 Å². The van der Waals surface area contributed by atoms with Crippen molar-refractivity contribution in [3.8, 4) is 0 Å². The summed E-state index contributed by atoms with van der Waals surface area (Å²) in [5.41, 5.74) is 1.79. The first-order chi connectivity index (χ1) is 11.4. The quantitative estimate of drug-likeness (QED) is 0.915. The molecule has 0 aliphatic carbocycles. The number of carbonyl (C=O) groups excluding carboxylic acids is 2. The summed E-state index contributed by atoms with van der Waals surface area (Å²) in [4.78, 5) is 25.4. The van der Waals surface area contributed by atoms with Crippen molar-refractivity contribution in [2.45, 2.75) is 13.5 Å². The SMILES string of the molecule is Cc1ccc(CN(C)C(=O)CNC(=O)c2ccc(F)cc2F)cc1. The van der Waals surface area contributed by atoms with E-state index in [1.54, 1.807) is 7.05 Å². The van der Waals surface area contributed by atoms with Gasteiger partial charge in [0.05, 0.1) is 12.1 Å². The van der Waals surface area contributed by atoms with Gasteiger partial charge >= 0.3 is 0 Å². The van der Waals surface area contributed by atoms with Crippen LogP contribution < -0.4 is 5.32 Å². The van der Waals surface area contributed by atoms with Gasteiger partial charge in [-0.2, -0.15) is 0 Å². The van der Waals surface area contributed by atoms with Crippen LogP contribution in [-0.4, -0.2) is 30.3 Å². The predicted molar refractivity (Wildman–Crippen MR) is 86.3 cm³/mol. The Bertz CT molecular complexity index is 745. The van der Waals surface area contributed by atoms with Gasteiger partial charge in [-0.25, -0.2) is 8.78 Å². The third kappa shape index (κ3) is 4.62. The molecule has 24 heavy (non-hydrogen) atoms. The minimum atomic E-state index is -0.965. The number of hydrogen-bond donors (Lipinski definition) is 1. The van der Waals surface area contributed by atoms with Gasteiger partial charge in [-0.1, -0.05) is 29.8 Å². The number of benzene rings is 2. The van der Waals surface area contributed by atoms with Gasteiger partial charge in [0, 0.05) is 19.7 Å². The van der Waals surface area contributed by atoms with Crippen molar-refractivity contribution in [1.82, 2.24) is 10.2 Å². The molecule has 0 aliphatic rings. The van der Waals surface area contributed by atoms with Crippen LogP contribution in [0.1, 0.15) is 21.5 Å². The lowest BCUT2D eigenvalue weighted by molar-refractivity contribution is -0.129. The number of rotatable bonds is 5. The zero-order chi connectivity index (χ0) is 17.7. The molecular formula is C18H18F2N2O2. The Balaban J connectivity index is 1.89. The number of carbonyl (C=O) groups is 2. The van der Waals surface area contributed by atoms with E-state index >= 15 is 0 Å². The first-order valence-electron chi connectivity index (χ1n) is 7.39. The lowest BCUT2D eigenvalue weighted by atomic mass is 10.1. The zero-order valence-corrected chi connectivity index (χ0v) is 13.5. The molecule has 0 radical (unpaired) electrons. The van der Waals surface area contributed by atoms with Crippen molar-refractivity contribution in [3.05, 3.63) is 70.8 Å². The minimum absolute atomic E-state index is 0.266. The summed E-state index contributed by atoms with van der Waals surface area (Å²) in [6, 6.07) is 10.4. The molecule has 6 heteroatoms. The molecule has 0 aromatic heterocycles. The van der Waals surface area contributed by atoms with E-state index in [-0.39, 0.29) is 18.0 Å². The summed E-state index contributed by atoms with van der Waals surface area (Å²) < 4.78 is 26.3. The number of amides is 2. The van der Waals surface area contributed by atoms with Crippen LogP contribution in [0.15, 0.2) is 42.5 Å². The molecule has 2 aromatic rings. The van der Waals surface area contributed by atoms with Crippen LogP contribution in [0.3, 0.4) is 0 Å². The molecule has 0 aliphatic heterocycles. The van der Waals surface area contributed by atoms with Crippen molar-refractivity contribution in [2.24, 2.45) is 0 Å². The summed E-state index contributed by atoms with van der Waals surface area (Å²) in [7, 11) is 1.62. The monoisotopic (exact) mass is 332 g/mol. The van der Waals surface area contributed by atoms with Gasteiger partial charge in [0.15, 0.2) is 0 Å². The topological polar surface area (TPSA) is 49.4 Å². The predicted octanol–water partition coefficient (Wildman–Crippen LogP) is 2.66. The summed E-state index contributed by atoms with van der Waals surface area (Å²) in [6.45, 7) is 2.11. The number of halogens is 2. The first-order valence-corrected chi connectivity index (χ1v) is 7.39. The van der Waals surface area contributed by atoms with Gasteiger partial charge in [-0.05, 0) is 24.6 Å². The highest BCUT2D eigenvalue weighted by Crippen LogP contribution is 2.09. The fourth-order valence-electron chi connectivity index (χ4n) is 2.12. The molecule has 0 atom stereocenters. The second-order valence-electron chi connectivity index (χ2n) is 5.54. The average molecular weight is 332 g/mol. The normalized spacial score (nSPS) is 10.3. The summed E-state index contributed by atoms with van der Waals surface area (Å²) in [6.07, 6.45) is 0. The molecule has 0 saturated heterocycles. The van der Waals surface area contributed by atoms with E-state index in [1.165, 1.54) is 4.90 Å². The number of nitrogens with one attached hydrogen (secondary N) is 1. The van der Waals surface area contributed by atoms with Gasteiger partial charge in [0.2, 0.25) is 5.91 Å². The van der Waals surface area contributed by atoms with Gasteiger partial charge in [0.25, 0.3) is 5.91 Å². The Morgan fingerprint density at radius 2 is 1.75 bits per heavy atom. The average Bonchev–Trinajstić information content (AvgIpc) is 2.54. The molecular weight excluding hydrogens is 314 g/mol. The molecule has 2 aromatic carbocycles. The Morgan fingerprint density at radius 1 is 1.08 bits per heavy atom. The molecule has 2 amide bonds. The van der Waals surface area contributed by atoms with E-state index in [2.05, 4.69) is 5.32 Å². The lowest BCUT2D eigenvalue weighted by Gasteiger charge is -2.18. The van der Waals surface area contributed by atoms with Crippen molar-refractivity contribution in [3.63, 3.8) is 0 Å². The Hall–Kier alpha value is -2.76. The molecule has 1 N–H and O–H groups in total. The second-order valence-corrected chi connectivity index (χ2v) is 5.54. The maximum absolute atomic E-state index is 13.5. The Labute approximate surface area is 139 Å². The molecule has 0 fully saturated rings. The molecule has 2 rings (SSSR count). The lowest BCUT2D eigenvalue weighted by Crippen LogP contribution is -2.38. The molecule has 0 spiro atoms. The van der Waals surface area contributed by atoms with E-state index in [0.717, 1.165) is 23.3 Å². The highest BCUT2D eigenvalue weighted by Gasteiger charge is 2.15. The maximum atomic E-state index is 13.5. The van der Waals surface area contributed by atoms with E-state index < -0.39 is 17.5 Å². The number of hydrogen-bond acceptors (Lipinski definition) is 2. The van der Waals surface area contributed by atoms with Crippen LogP contribution in [-0.2, 0) is 11.3 Å². The van der Waals surface area contributed by atoms with Crippen molar-refractivity contribution in [1.29, 1.82) is 0 Å². The van der Waals surface area contributed by atoms with E-state index in [1.807, 2.05) is 31.2 Å². The highest BCUT2D eigenvalue weighted by atomic mass is 19.1. The van der Waals surface area contributed by atoms with E-state index in [9.17, 15) is 18.4 Å². The molecule has 0 bridgehead atoms. The largest absolute Gasteiger partial charge is 0.343 e. The summed E-state index contributed by atoms with van der Waals surface area (Å²) in [5, 5.41) is 2.34. The van der Waals surface area contributed by atoms with E-state index in [0.29, 0.717) is 12.6 Å². The molecule has 0 saturated carbocycles. The zero-order valence-electron chi connectivity index (χ0n) is 13.5. The fraction of sp³-hybridized carbons (Fsp3) is 0.222. The van der Waals surface area contributed by atoms with Crippen LogP contribution in [0.5, 0.6) is 0 Å². The van der Waals surface area contributed by atoms with Crippen LogP contribution in [0.25, 0.3) is 0 Å². The minimum Gasteiger partial charge on any atom is -0.343 e. The van der Waals surface area contributed by atoms with Gasteiger partial charge in [0.1, 0.15) is 11.6 Å². The molecule has 0 heterocycles. The standard InChI is InChI=1S/C18H18F2N2O2/c1-12-3-5-13(6-4-12)11-22(2)17(23)10-21-18(24)15-8-7-14(19)9-16(15)20/h3-9H,10-11H2,1-2H3,(H,21,24). The van der Waals surface area contributed by atoms with Gasteiger partial charge < -0.3 is 10.2 Å². The van der Waals surface area contributed by atoms with Crippen LogP contribution in [0.4, 0.5) is 8.78 Å². The number of nitrogens with zero attached hydrogens (tertiary/aromatic N) is 1. The van der Waals surface area contributed by atoms with Crippen molar-refractivity contribution >= 4 is 11.8 Å². The Morgan fingerprint density at radius 3 is 2.38 bits per heavy atom. The first kappa shape index (κ1) is 17.6. The molecule has 126 valence electrons. The Kier molecular flexibility index (Phi) is 5.63. The third-order valence-electron chi connectivity index (χ3n) is 3.54. The van der Waals surface area contributed by atoms with Gasteiger partial charge in [-0.15, -0.1) is 0 Å². The van der Waals surface area contributed by atoms with Crippen molar-refractivity contribution < 1.29 is 18.4 Å². The summed E-state index contributed by atoms with van der Waals surface area (Å²) >= 11 is 0. The number of likely N-dealkylation sites (N-methyl/N-ethyl adjacent to an activating group) is 1. The summed E-state index contributed by atoms with van der Waals surface area (Å²) in [5.74, 6) is -2.80. The number of aryl methyl sites for hydroxylation is 1. The van der Waals surface area contributed by atoms with Crippen LogP contribution in [0, 0.1) is 18.6 Å². The van der Waals surface area contributed by atoms with Crippen molar-refractivity contribution in [2.75, 3.05) is 13.6 Å². The third-order valence-corrected chi connectivity index (χ3v) is 3.54. The smallest absolute Gasteiger partial charge is 0.254 e.